The number of likely N-dealkylation sites (N-methyl/N-ethyl adjacent to an activating group) is 1. The standard InChI is InChI=1S/C20H23N5O2/c1-13-8-18-17(14(2)10-20(3,4)24(18)5)9-15(13)11-22-23-19-7-6-16(12-21-19)25(26)27/h6-12H,1-5H3,(H,21,23)/b22-11-. The van der Waals surface area contributed by atoms with Gasteiger partial charge in [0.25, 0.3) is 5.69 Å². The van der Waals surface area contributed by atoms with Crippen LogP contribution in [-0.2, 0) is 0 Å². The Labute approximate surface area is 158 Å². The molecular formula is C20H23N5O2. The van der Waals surface area contributed by atoms with Gasteiger partial charge in [-0.3, -0.25) is 15.5 Å². The minimum Gasteiger partial charge on any atom is -0.365 e. The molecule has 0 unspecified atom stereocenters. The van der Waals surface area contributed by atoms with Crippen LogP contribution < -0.4 is 10.3 Å². The van der Waals surface area contributed by atoms with Gasteiger partial charge in [0.15, 0.2) is 0 Å². The number of allylic oxidation sites excluding steroid dienone is 1. The van der Waals surface area contributed by atoms with E-state index in [1.165, 1.54) is 35.2 Å². The van der Waals surface area contributed by atoms with E-state index in [-0.39, 0.29) is 11.2 Å². The topological polar surface area (TPSA) is 83.7 Å². The lowest BCUT2D eigenvalue weighted by Gasteiger charge is -2.41. The molecule has 1 N–H and O–H groups in total. The van der Waals surface area contributed by atoms with Gasteiger partial charge in [0.1, 0.15) is 12.0 Å². The maximum atomic E-state index is 10.7. The first-order chi connectivity index (χ1) is 12.7. The third-order valence-corrected chi connectivity index (χ3v) is 4.95. The maximum absolute atomic E-state index is 10.7. The number of hydrogen-bond donors (Lipinski definition) is 1. The lowest BCUT2D eigenvalue weighted by molar-refractivity contribution is -0.385. The molecule has 2 heterocycles. The molecule has 0 atom stereocenters. The van der Waals surface area contributed by atoms with E-state index in [1.807, 2.05) is 0 Å². The fourth-order valence-electron chi connectivity index (χ4n) is 3.18. The third kappa shape index (κ3) is 3.67. The monoisotopic (exact) mass is 365 g/mol. The van der Waals surface area contributed by atoms with Crippen LogP contribution in [0.4, 0.5) is 17.2 Å². The molecule has 27 heavy (non-hydrogen) atoms. The number of hydrazone groups is 1. The first kappa shape index (κ1) is 18.6. The molecule has 0 bridgehead atoms. The molecule has 0 radical (unpaired) electrons. The van der Waals surface area contributed by atoms with Gasteiger partial charge in [-0.2, -0.15) is 5.10 Å². The molecule has 1 aliphatic rings. The number of fused-ring (bicyclic) bond motifs is 1. The molecule has 0 amide bonds. The minimum atomic E-state index is -0.481. The molecule has 1 aromatic carbocycles. The summed E-state index contributed by atoms with van der Waals surface area (Å²) in [6.45, 7) is 8.58. The highest BCUT2D eigenvalue weighted by molar-refractivity contribution is 5.89. The van der Waals surface area contributed by atoms with E-state index in [2.05, 4.69) is 73.4 Å². The van der Waals surface area contributed by atoms with E-state index >= 15 is 0 Å². The van der Waals surface area contributed by atoms with Gasteiger partial charge in [-0.15, -0.1) is 0 Å². The largest absolute Gasteiger partial charge is 0.365 e. The minimum absolute atomic E-state index is 0.0255. The maximum Gasteiger partial charge on any atom is 0.287 e. The summed E-state index contributed by atoms with van der Waals surface area (Å²) in [7, 11) is 2.11. The molecule has 2 aromatic rings. The quantitative estimate of drug-likeness (QED) is 0.494. The van der Waals surface area contributed by atoms with Crippen molar-refractivity contribution in [1.82, 2.24) is 4.98 Å². The Morgan fingerprint density at radius 1 is 1.30 bits per heavy atom. The van der Waals surface area contributed by atoms with Crippen molar-refractivity contribution >= 4 is 29.0 Å². The second kappa shape index (κ2) is 6.83. The molecule has 1 aromatic heterocycles. The molecule has 140 valence electrons. The lowest BCUT2D eigenvalue weighted by Crippen LogP contribution is -2.42. The molecule has 7 heteroatoms. The number of nitrogens with zero attached hydrogens (tertiary/aromatic N) is 4. The lowest BCUT2D eigenvalue weighted by atomic mass is 9.87. The van der Waals surface area contributed by atoms with Gasteiger partial charge in [-0.25, -0.2) is 4.98 Å². The van der Waals surface area contributed by atoms with E-state index in [1.54, 1.807) is 6.21 Å². The average molecular weight is 365 g/mol. The van der Waals surface area contributed by atoms with Crippen LogP contribution in [0.25, 0.3) is 5.57 Å². The summed E-state index contributed by atoms with van der Waals surface area (Å²) in [6, 6.07) is 7.23. The Morgan fingerprint density at radius 2 is 2.04 bits per heavy atom. The third-order valence-electron chi connectivity index (χ3n) is 4.95. The number of nitrogens with one attached hydrogen (secondary N) is 1. The van der Waals surface area contributed by atoms with Crippen LogP contribution in [0, 0.1) is 17.0 Å². The highest BCUT2D eigenvalue weighted by Gasteiger charge is 2.28. The highest BCUT2D eigenvalue weighted by atomic mass is 16.6. The number of hydrogen-bond acceptors (Lipinski definition) is 6. The molecule has 0 fully saturated rings. The second-order valence-corrected chi connectivity index (χ2v) is 7.29. The predicted molar refractivity (Wildman–Crippen MR) is 109 cm³/mol. The average Bonchev–Trinajstić information content (AvgIpc) is 2.61. The van der Waals surface area contributed by atoms with Crippen LogP contribution in [0.5, 0.6) is 0 Å². The summed E-state index contributed by atoms with van der Waals surface area (Å²) in [5.41, 5.74) is 8.50. The van der Waals surface area contributed by atoms with E-state index in [9.17, 15) is 10.1 Å². The fourth-order valence-corrected chi connectivity index (χ4v) is 3.18. The second-order valence-electron chi connectivity index (χ2n) is 7.29. The van der Waals surface area contributed by atoms with Gasteiger partial charge in [0, 0.05) is 24.4 Å². The van der Waals surface area contributed by atoms with Gasteiger partial charge < -0.3 is 4.90 Å². The molecule has 0 spiro atoms. The van der Waals surface area contributed by atoms with Crippen LogP contribution in [0.15, 0.2) is 41.6 Å². The summed E-state index contributed by atoms with van der Waals surface area (Å²) in [4.78, 5) is 16.4. The number of pyridine rings is 1. The van der Waals surface area contributed by atoms with Crippen molar-refractivity contribution in [2.24, 2.45) is 5.10 Å². The van der Waals surface area contributed by atoms with E-state index in [0.29, 0.717) is 5.82 Å². The van der Waals surface area contributed by atoms with Gasteiger partial charge in [0.2, 0.25) is 0 Å². The Balaban J connectivity index is 1.83. The first-order valence-corrected chi connectivity index (χ1v) is 8.67. The van der Waals surface area contributed by atoms with Crippen LogP contribution in [0.1, 0.15) is 37.5 Å². The van der Waals surface area contributed by atoms with Gasteiger partial charge >= 0.3 is 0 Å². The fraction of sp³-hybridized carbons (Fsp3) is 0.300. The number of benzene rings is 1. The zero-order chi connectivity index (χ0) is 19.8. The van der Waals surface area contributed by atoms with Crippen molar-refractivity contribution in [3.63, 3.8) is 0 Å². The molecular weight excluding hydrogens is 342 g/mol. The van der Waals surface area contributed by atoms with Crippen molar-refractivity contribution < 1.29 is 4.92 Å². The van der Waals surface area contributed by atoms with Crippen molar-refractivity contribution in [3.05, 3.63) is 63.3 Å². The van der Waals surface area contributed by atoms with E-state index in [4.69, 9.17) is 0 Å². The smallest absolute Gasteiger partial charge is 0.287 e. The predicted octanol–water partition coefficient (Wildman–Crippen LogP) is 4.38. The molecule has 1 aliphatic heterocycles. The number of aryl methyl sites for hydroxylation is 1. The number of nitro groups is 1. The van der Waals surface area contributed by atoms with Gasteiger partial charge in [0.05, 0.1) is 16.7 Å². The van der Waals surface area contributed by atoms with Crippen molar-refractivity contribution in [2.45, 2.75) is 33.2 Å². The summed E-state index contributed by atoms with van der Waals surface area (Å²) in [5.74, 6) is 0.449. The van der Waals surface area contributed by atoms with Crippen LogP contribution >= 0.6 is 0 Å². The summed E-state index contributed by atoms with van der Waals surface area (Å²) in [5, 5.41) is 14.9. The van der Waals surface area contributed by atoms with Crippen molar-refractivity contribution in [2.75, 3.05) is 17.4 Å². The molecule has 7 nitrogen and oxygen atoms in total. The summed E-state index contributed by atoms with van der Waals surface area (Å²) < 4.78 is 0. The van der Waals surface area contributed by atoms with Gasteiger partial charge in [-0.1, -0.05) is 6.08 Å². The normalized spacial score (nSPS) is 15.4. The molecule has 0 aliphatic carbocycles. The number of rotatable bonds is 4. The zero-order valence-electron chi connectivity index (χ0n) is 16.1. The van der Waals surface area contributed by atoms with Crippen molar-refractivity contribution in [1.29, 1.82) is 0 Å². The van der Waals surface area contributed by atoms with Crippen LogP contribution in [-0.4, -0.2) is 28.7 Å². The zero-order valence-corrected chi connectivity index (χ0v) is 16.1. The Kier molecular flexibility index (Phi) is 4.70. The van der Waals surface area contributed by atoms with Crippen LogP contribution in [0.2, 0.25) is 0 Å². The number of aromatic nitrogens is 1. The van der Waals surface area contributed by atoms with Crippen molar-refractivity contribution in [3.8, 4) is 0 Å². The highest BCUT2D eigenvalue weighted by Crippen LogP contribution is 2.38. The van der Waals surface area contributed by atoms with Crippen LogP contribution in [0.3, 0.4) is 0 Å². The molecule has 3 rings (SSSR count). The van der Waals surface area contributed by atoms with E-state index < -0.39 is 4.92 Å². The Morgan fingerprint density at radius 3 is 2.67 bits per heavy atom. The first-order valence-electron chi connectivity index (χ1n) is 8.67. The Bertz CT molecular complexity index is 946. The SMILES string of the molecule is CC1=CC(C)(C)N(C)c2cc(C)c(/C=N\Nc3ccc([N+](=O)[O-])cn3)cc21. The molecule has 0 saturated heterocycles. The number of anilines is 2. The van der Waals surface area contributed by atoms with E-state index in [0.717, 1.165) is 11.1 Å². The molecule has 0 saturated carbocycles. The Hall–Kier alpha value is -3.22. The summed E-state index contributed by atoms with van der Waals surface area (Å²) in [6.07, 6.45) is 5.21. The summed E-state index contributed by atoms with van der Waals surface area (Å²) >= 11 is 0. The van der Waals surface area contributed by atoms with Gasteiger partial charge in [-0.05, 0) is 62.6 Å².